The fourth-order valence-electron chi connectivity index (χ4n) is 2.17. The molecule has 0 radical (unpaired) electrons. The Labute approximate surface area is 156 Å². The fourth-order valence-corrected chi connectivity index (χ4v) is 2.17. The maximum atomic E-state index is 12.2. The number of benzene rings is 2. The van der Waals surface area contributed by atoms with Gasteiger partial charge in [0, 0.05) is 13.1 Å². The van der Waals surface area contributed by atoms with Crippen LogP contribution in [0.5, 0.6) is 0 Å². The second kappa shape index (κ2) is 9.71. The van der Waals surface area contributed by atoms with Gasteiger partial charge >= 0.3 is 6.18 Å². The van der Waals surface area contributed by atoms with E-state index < -0.39 is 12.6 Å². The summed E-state index contributed by atoms with van der Waals surface area (Å²) in [5.74, 6) is 0.393. The lowest BCUT2D eigenvalue weighted by molar-refractivity contribution is -0.132. The first-order chi connectivity index (χ1) is 11.0. The van der Waals surface area contributed by atoms with E-state index in [1.165, 1.54) is 0 Å². The van der Waals surface area contributed by atoms with Gasteiger partial charge in [-0.15, -0.1) is 24.0 Å². The van der Waals surface area contributed by atoms with Crippen LogP contribution in [0.15, 0.2) is 47.5 Å². The van der Waals surface area contributed by atoms with Crippen molar-refractivity contribution in [1.82, 2.24) is 10.6 Å². The molecule has 24 heavy (non-hydrogen) atoms. The molecule has 3 nitrogen and oxygen atoms in total. The quantitative estimate of drug-likeness (QED) is 0.400. The maximum absolute atomic E-state index is 12.2. The Kier molecular flexibility index (Phi) is 8.30. The predicted molar refractivity (Wildman–Crippen MR) is 103 cm³/mol. The number of aliphatic imine (C=N–C) groups is 1. The Morgan fingerprint density at radius 1 is 1.04 bits per heavy atom. The molecular formula is C17H21F3IN3. The van der Waals surface area contributed by atoms with Crippen molar-refractivity contribution in [3.05, 3.63) is 48.0 Å². The number of guanidine groups is 1. The number of nitrogens with one attached hydrogen (secondary N) is 2. The smallest absolute Gasteiger partial charge is 0.357 e. The van der Waals surface area contributed by atoms with Gasteiger partial charge in [0.2, 0.25) is 0 Å². The van der Waals surface area contributed by atoms with Gasteiger partial charge in [-0.3, -0.25) is 0 Å². The van der Waals surface area contributed by atoms with Gasteiger partial charge in [0.15, 0.2) is 5.96 Å². The third-order valence-corrected chi connectivity index (χ3v) is 3.28. The molecule has 0 aliphatic heterocycles. The first-order valence-corrected chi connectivity index (χ1v) is 7.54. The largest absolute Gasteiger partial charge is 0.390 e. The Morgan fingerprint density at radius 2 is 1.75 bits per heavy atom. The molecule has 7 heteroatoms. The van der Waals surface area contributed by atoms with Gasteiger partial charge in [-0.1, -0.05) is 36.4 Å². The summed E-state index contributed by atoms with van der Waals surface area (Å²) < 4.78 is 36.6. The average molecular weight is 451 g/mol. The molecule has 2 rings (SSSR count). The molecule has 2 aromatic rings. The van der Waals surface area contributed by atoms with Crippen LogP contribution in [0.3, 0.4) is 0 Å². The van der Waals surface area contributed by atoms with E-state index in [0.29, 0.717) is 19.0 Å². The van der Waals surface area contributed by atoms with Crippen molar-refractivity contribution in [3.63, 3.8) is 0 Å². The summed E-state index contributed by atoms with van der Waals surface area (Å²) in [6.45, 7) is 2.69. The highest BCUT2D eigenvalue weighted by Gasteiger charge is 2.26. The van der Waals surface area contributed by atoms with Crippen LogP contribution in [-0.2, 0) is 6.54 Å². The van der Waals surface area contributed by atoms with Gasteiger partial charge in [0.25, 0.3) is 0 Å². The average Bonchev–Trinajstić information content (AvgIpc) is 2.51. The second-order valence-corrected chi connectivity index (χ2v) is 5.17. The predicted octanol–water partition coefficient (Wildman–Crippen LogP) is 4.47. The number of nitrogens with zero attached hydrogens (tertiary/aromatic N) is 1. The maximum Gasteiger partial charge on any atom is 0.390 e. The third kappa shape index (κ3) is 6.94. The number of rotatable bonds is 5. The summed E-state index contributed by atoms with van der Waals surface area (Å²) in [6.07, 6.45) is -5.05. The summed E-state index contributed by atoms with van der Waals surface area (Å²) in [5, 5.41) is 7.92. The molecular weight excluding hydrogens is 430 g/mol. The lowest BCUT2D eigenvalue weighted by Crippen LogP contribution is -2.38. The van der Waals surface area contributed by atoms with Crippen LogP contribution in [0.1, 0.15) is 18.9 Å². The van der Waals surface area contributed by atoms with Gasteiger partial charge < -0.3 is 10.6 Å². The van der Waals surface area contributed by atoms with Gasteiger partial charge in [-0.25, -0.2) is 4.99 Å². The first-order valence-electron chi connectivity index (χ1n) is 7.54. The van der Waals surface area contributed by atoms with Gasteiger partial charge in [-0.2, -0.15) is 13.2 Å². The van der Waals surface area contributed by atoms with Gasteiger partial charge in [0.1, 0.15) is 0 Å². The standard InChI is InChI=1S/C17H20F3N3.HI/c1-2-21-16(22-10-9-17(18,19)20)23-12-13-7-8-14-5-3-4-6-15(14)11-13;/h3-8,11H,2,9-10,12H2,1H3,(H2,21,22,23);1H. The lowest BCUT2D eigenvalue weighted by Gasteiger charge is -2.12. The number of hydrogen-bond donors (Lipinski definition) is 2. The molecule has 0 aromatic heterocycles. The summed E-state index contributed by atoms with van der Waals surface area (Å²) in [5.41, 5.74) is 1.01. The van der Waals surface area contributed by atoms with Crippen LogP contribution in [0.2, 0.25) is 0 Å². The molecule has 0 heterocycles. The van der Waals surface area contributed by atoms with E-state index in [2.05, 4.69) is 15.6 Å². The molecule has 132 valence electrons. The van der Waals surface area contributed by atoms with E-state index >= 15 is 0 Å². The van der Waals surface area contributed by atoms with E-state index in [0.717, 1.165) is 16.3 Å². The van der Waals surface area contributed by atoms with Crippen molar-refractivity contribution >= 4 is 40.7 Å². The van der Waals surface area contributed by atoms with Crippen LogP contribution < -0.4 is 10.6 Å². The van der Waals surface area contributed by atoms with E-state index in [1.54, 1.807) is 0 Å². The van der Waals surface area contributed by atoms with Crippen molar-refractivity contribution in [3.8, 4) is 0 Å². The van der Waals surface area contributed by atoms with Crippen LogP contribution in [0.25, 0.3) is 10.8 Å². The number of alkyl halides is 3. The molecule has 0 aliphatic rings. The topological polar surface area (TPSA) is 36.4 Å². The van der Waals surface area contributed by atoms with E-state index in [9.17, 15) is 13.2 Å². The fraction of sp³-hybridized carbons (Fsp3) is 0.353. The molecule has 0 saturated carbocycles. The van der Waals surface area contributed by atoms with Crippen LogP contribution in [0, 0.1) is 0 Å². The Hall–Kier alpha value is -1.51. The van der Waals surface area contributed by atoms with Crippen molar-refractivity contribution in [2.45, 2.75) is 26.1 Å². The molecule has 0 saturated heterocycles. The highest BCUT2D eigenvalue weighted by Crippen LogP contribution is 2.18. The zero-order valence-electron chi connectivity index (χ0n) is 13.4. The number of hydrogen-bond acceptors (Lipinski definition) is 1. The van der Waals surface area contributed by atoms with Crippen molar-refractivity contribution in [1.29, 1.82) is 0 Å². The van der Waals surface area contributed by atoms with Crippen molar-refractivity contribution in [2.24, 2.45) is 4.99 Å². The first kappa shape index (κ1) is 20.5. The number of halogens is 4. The molecule has 0 spiro atoms. The summed E-state index contributed by atoms with van der Waals surface area (Å²) in [6, 6.07) is 14.0. The highest BCUT2D eigenvalue weighted by atomic mass is 127. The summed E-state index contributed by atoms with van der Waals surface area (Å²) in [4.78, 5) is 4.34. The van der Waals surface area contributed by atoms with E-state index in [4.69, 9.17) is 0 Å². The minimum Gasteiger partial charge on any atom is -0.357 e. The molecule has 0 aliphatic carbocycles. The zero-order valence-corrected chi connectivity index (χ0v) is 15.7. The third-order valence-electron chi connectivity index (χ3n) is 3.28. The number of fused-ring (bicyclic) bond motifs is 1. The second-order valence-electron chi connectivity index (χ2n) is 5.17. The SMILES string of the molecule is CCNC(=NCc1ccc2ccccc2c1)NCCC(F)(F)F.I. The van der Waals surface area contributed by atoms with Gasteiger partial charge in [0.05, 0.1) is 13.0 Å². The van der Waals surface area contributed by atoms with Crippen molar-refractivity contribution < 1.29 is 13.2 Å². The van der Waals surface area contributed by atoms with Crippen LogP contribution in [-0.4, -0.2) is 25.2 Å². The van der Waals surface area contributed by atoms with Crippen LogP contribution >= 0.6 is 24.0 Å². The molecule has 0 unspecified atom stereocenters. The lowest BCUT2D eigenvalue weighted by atomic mass is 10.1. The Bertz CT molecular complexity index is 671. The summed E-state index contributed by atoms with van der Waals surface area (Å²) >= 11 is 0. The minimum atomic E-state index is -4.16. The molecule has 2 aromatic carbocycles. The minimum absolute atomic E-state index is 0. The van der Waals surface area contributed by atoms with Gasteiger partial charge in [-0.05, 0) is 29.3 Å². The normalized spacial score (nSPS) is 11.9. The summed E-state index contributed by atoms with van der Waals surface area (Å²) in [7, 11) is 0. The van der Waals surface area contributed by atoms with Crippen molar-refractivity contribution in [2.75, 3.05) is 13.1 Å². The van der Waals surface area contributed by atoms with E-state index in [-0.39, 0.29) is 30.5 Å². The molecule has 0 amide bonds. The van der Waals surface area contributed by atoms with Crippen LogP contribution in [0.4, 0.5) is 13.2 Å². The Morgan fingerprint density at radius 3 is 2.42 bits per heavy atom. The molecule has 0 bridgehead atoms. The Balaban J connectivity index is 0.00000288. The molecule has 2 N–H and O–H groups in total. The zero-order chi connectivity index (χ0) is 16.7. The van der Waals surface area contributed by atoms with E-state index in [1.807, 2.05) is 49.4 Å². The molecule has 0 fully saturated rings. The monoisotopic (exact) mass is 451 g/mol. The molecule has 0 atom stereocenters. The highest BCUT2D eigenvalue weighted by molar-refractivity contribution is 14.0.